The molecule has 20 nitrogen and oxygen atoms in total. The second-order valence-corrected chi connectivity index (χ2v) is 29.9. The van der Waals surface area contributed by atoms with E-state index in [0.29, 0.717) is 38.8 Å². The highest BCUT2D eigenvalue weighted by Crippen LogP contribution is 2.50. The normalized spacial score (nSPS) is 17.5. The number of likely N-dealkylation sites (N-methyl/N-ethyl adjacent to an activating group) is 2. The summed E-state index contributed by atoms with van der Waals surface area (Å²) in [5.74, 6) is 0.189. The van der Waals surface area contributed by atoms with Gasteiger partial charge in [-0.15, -0.1) is 12.6 Å². The number of para-hydroxylation sites is 1. The molecule has 0 fully saturated rings. The molecule has 0 saturated carbocycles. The Kier molecular flexibility index (Phi) is 23.5. The molecule has 0 aliphatic carbocycles. The van der Waals surface area contributed by atoms with Crippen molar-refractivity contribution < 1.29 is 57.3 Å². The minimum atomic E-state index is -4.59. The number of aryl methyl sites for hydroxylation is 1. The van der Waals surface area contributed by atoms with E-state index in [9.17, 15) is 35.5 Å². The number of nitrogens with one attached hydrogen (secondary N) is 2. The van der Waals surface area contributed by atoms with Crippen LogP contribution >= 0.6 is 11.6 Å². The topological polar surface area (TPSA) is 272 Å². The lowest BCUT2D eigenvalue weighted by Crippen LogP contribution is -2.28. The van der Waals surface area contributed by atoms with E-state index < -0.39 is 41.7 Å². The SMILES string of the molecule is CCN1C(=CC=CC=CC2=[N+](CCCCCC(=O)CNc3nc(Cl)nc(NCC(=O)CCCCC[N+]4=C(C=CC=CC=C5N(CC)c6ccc(S(=O)(=O)[O-])cc6C5(C)C)C(C)(C)c5ccccc54)n3)c3ccc(S(=O)(=O)O)cc3C2(C)C)C(C)(C)c2cc(C)ccc21.O=S(=O)=O. The van der Waals surface area contributed by atoms with E-state index in [1.807, 2.05) is 51.2 Å². The first-order valence-electron chi connectivity index (χ1n) is 32.3. The van der Waals surface area contributed by atoms with Crippen molar-refractivity contribution in [1.29, 1.82) is 0 Å². The van der Waals surface area contributed by atoms with Crippen LogP contribution in [0, 0.1) is 6.92 Å². The predicted molar refractivity (Wildman–Crippen MR) is 377 cm³/mol. The summed E-state index contributed by atoms with van der Waals surface area (Å²) < 4.78 is 100. The van der Waals surface area contributed by atoms with Crippen LogP contribution in [0.15, 0.2) is 161 Å². The summed E-state index contributed by atoms with van der Waals surface area (Å²) in [6, 6.07) is 24.5. The van der Waals surface area contributed by atoms with E-state index >= 15 is 0 Å². The molecular formula is C72H87ClN9O11S3+. The first kappa shape index (κ1) is 73.7. The Labute approximate surface area is 571 Å². The Balaban J connectivity index is 0.00000286. The van der Waals surface area contributed by atoms with Crippen LogP contribution in [0.3, 0.4) is 0 Å². The van der Waals surface area contributed by atoms with E-state index in [1.54, 1.807) is 18.2 Å². The molecule has 96 heavy (non-hydrogen) atoms. The van der Waals surface area contributed by atoms with Gasteiger partial charge in [-0.2, -0.15) is 32.5 Å². The Hall–Kier alpha value is -8.06. The van der Waals surface area contributed by atoms with E-state index in [0.717, 1.165) is 84.1 Å². The quantitative estimate of drug-likeness (QED) is 0.0182. The summed E-state index contributed by atoms with van der Waals surface area (Å²) in [6.45, 7) is 26.4. The van der Waals surface area contributed by atoms with Crippen LogP contribution < -0.4 is 20.4 Å². The number of anilines is 4. The van der Waals surface area contributed by atoms with Crippen molar-refractivity contribution in [3.63, 3.8) is 0 Å². The predicted octanol–water partition coefficient (Wildman–Crippen LogP) is 12.8. The molecule has 1 aromatic heterocycles. The Bertz CT molecular complexity index is 4450. The number of allylic oxidation sites excluding steroid dienone is 12. The lowest BCUT2D eigenvalue weighted by Gasteiger charge is -2.25. The van der Waals surface area contributed by atoms with E-state index in [1.165, 1.54) is 46.3 Å². The van der Waals surface area contributed by atoms with Crippen LogP contribution in [0.4, 0.5) is 34.6 Å². The number of ketones is 2. The van der Waals surface area contributed by atoms with Crippen molar-refractivity contribution in [2.75, 3.05) is 59.7 Å². The molecule has 4 aliphatic heterocycles. The lowest BCUT2D eigenvalue weighted by molar-refractivity contribution is -0.438. The molecule has 4 aliphatic rings. The molecule has 0 saturated heterocycles. The number of carbonyl (C=O) groups is 2. The van der Waals surface area contributed by atoms with Gasteiger partial charge in [-0.05, 0) is 145 Å². The fraction of sp³-hybridized carbons (Fsp3) is 0.403. The Morgan fingerprint density at radius 3 is 1.51 bits per heavy atom. The first-order chi connectivity index (χ1) is 45.2. The molecule has 0 bridgehead atoms. The van der Waals surface area contributed by atoms with Gasteiger partial charge in [0.05, 0.1) is 33.7 Å². The number of nitrogens with zero attached hydrogens (tertiary/aromatic N) is 7. The minimum absolute atomic E-state index is 0.00350. The van der Waals surface area contributed by atoms with Gasteiger partial charge in [0.15, 0.2) is 23.0 Å². The number of hydrogen-bond acceptors (Lipinski definition) is 17. The number of benzene rings is 4. The maximum Gasteiger partial charge on any atom is 0.425 e. The summed E-state index contributed by atoms with van der Waals surface area (Å²) in [6.07, 6.45) is 25.8. The van der Waals surface area contributed by atoms with Crippen molar-refractivity contribution in [1.82, 2.24) is 15.0 Å². The summed E-state index contributed by atoms with van der Waals surface area (Å²) in [5.41, 5.74) is 12.4. The number of fused-ring (bicyclic) bond motifs is 4. The Morgan fingerprint density at radius 2 is 1.02 bits per heavy atom. The highest BCUT2D eigenvalue weighted by atomic mass is 35.5. The number of rotatable bonds is 28. The zero-order valence-corrected chi connectivity index (χ0v) is 59.6. The first-order valence-corrected chi connectivity index (χ1v) is 36.5. The number of hydrogen-bond donors (Lipinski definition) is 3. The van der Waals surface area contributed by atoms with E-state index in [2.05, 4.69) is 173 Å². The summed E-state index contributed by atoms with van der Waals surface area (Å²) in [4.78, 5) is 43.2. The second kappa shape index (κ2) is 30.6. The molecular weight excluding hydrogens is 1300 g/mol. The number of aromatic nitrogens is 3. The van der Waals surface area contributed by atoms with E-state index in [4.69, 9.17) is 24.2 Å². The monoisotopic (exact) mass is 1380 g/mol. The van der Waals surface area contributed by atoms with Gasteiger partial charge in [-0.1, -0.05) is 100 Å². The molecule has 0 atom stereocenters. The van der Waals surface area contributed by atoms with Gasteiger partial charge in [0.2, 0.25) is 28.6 Å². The molecule has 0 unspecified atom stereocenters. The molecule has 0 spiro atoms. The van der Waals surface area contributed by atoms with Crippen molar-refractivity contribution >= 4 is 100 Å². The standard InChI is InChI=1S/C72H86ClN9O8S2.O3S/c1-12-79-59-39-36-49(3)44-55(59)70(6,7)62(79)32-20-15-23-35-65-72(10,11)57-46-53(92(88,89)90)38-41-61(57)82(65)43-27-17-19-29-51(84)48-75-68-77-66(73)76-67(78-68)74-47-50(83)28-18-16-26-42-81-58-31-25-24-30-54(58)69(4,5)64(81)34-22-14-21-33-63-71(8,9)56-45-52(91(85,86)87)37-40-60(56)80(63)13-2;1-4(2)3/h14-15,20-25,30-41,44-46H,12-13,16-19,26-29,42-43,47-48H2,1-11H3,(H2-2,74,75,76,77,78,85,86,87,88,89,90);/p+1. The van der Waals surface area contributed by atoms with Gasteiger partial charge in [-0.25, -0.2) is 8.42 Å². The molecule has 510 valence electrons. The smallest absolute Gasteiger partial charge is 0.425 e. The lowest BCUT2D eigenvalue weighted by atomic mass is 9.81. The Morgan fingerprint density at radius 1 is 0.573 bits per heavy atom. The number of halogens is 1. The average Bonchev–Trinajstić information content (AvgIpc) is 1.61. The molecule has 0 radical (unpaired) electrons. The van der Waals surface area contributed by atoms with Crippen molar-refractivity contribution in [3.8, 4) is 0 Å². The van der Waals surface area contributed by atoms with Gasteiger partial charge in [0.1, 0.15) is 23.2 Å². The van der Waals surface area contributed by atoms with Gasteiger partial charge < -0.3 is 25.0 Å². The largest absolute Gasteiger partial charge is 0.744 e. The van der Waals surface area contributed by atoms with Crippen molar-refractivity contribution in [3.05, 3.63) is 184 Å². The minimum Gasteiger partial charge on any atom is -0.744 e. The fourth-order valence-electron chi connectivity index (χ4n) is 13.5. The third-order valence-corrected chi connectivity index (χ3v) is 20.3. The van der Waals surface area contributed by atoms with Gasteiger partial charge in [0, 0.05) is 108 Å². The second-order valence-electron chi connectivity index (χ2n) is 26.3. The molecule has 24 heteroatoms. The van der Waals surface area contributed by atoms with Crippen LogP contribution in [-0.4, -0.2) is 125 Å². The highest BCUT2D eigenvalue weighted by molar-refractivity contribution is 7.86. The maximum absolute atomic E-state index is 13.2. The van der Waals surface area contributed by atoms with Gasteiger partial charge >= 0.3 is 10.6 Å². The number of Topliss-reactive ketones (excluding diaryl/α,β-unsaturated/α-hetero) is 2. The number of carbonyl (C=O) groups excluding carboxylic acids is 2. The molecule has 3 N–H and O–H groups in total. The van der Waals surface area contributed by atoms with Crippen LogP contribution in [0.25, 0.3) is 0 Å². The number of unbranched alkanes of at least 4 members (excludes halogenated alkanes) is 4. The maximum atomic E-state index is 13.2. The van der Waals surface area contributed by atoms with E-state index in [-0.39, 0.29) is 62.5 Å². The van der Waals surface area contributed by atoms with Gasteiger partial charge in [0.25, 0.3) is 10.1 Å². The van der Waals surface area contributed by atoms with Gasteiger partial charge in [-0.3, -0.25) is 14.1 Å². The molecule has 5 heterocycles. The molecule has 0 amide bonds. The highest BCUT2D eigenvalue weighted by Gasteiger charge is 2.46. The zero-order valence-electron chi connectivity index (χ0n) is 56.4. The summed E-state index contributed by atoms with van der Waals surface area (Å²) in [7, 11) is -12.1. The average molecular weight is 1390 g/mol. The van der Waals surface area contributed by atoms with Crippen molar-refractivity contribution in [2.24, 2.45) is 0 Å². The van der Waals surface area contributed by atoms with Crippen LogP contribution in [0.5, 0.6) is 0 Å². The fourth-order valence-corrected chi connectivity index (χ4v) is 14.7. The van der Waals surface area contributed by atoms with Crippen LogP contribution in [-0.2, 0) is 62.1 Å². The summed E-state index contributed by atoms with van der Waals surface area (Å²) in [5, 5.41) is 5.87. The summed E-state index contributed by atoms with van der Waals surface area (Å²) >= 11 is 6.28. The van der Waals surface area contributed by atoms with Crippen molar-refractivity contribution in [2.45, 2.75) is 159 Å². The van der Waals surface area contributed by atoms with Crippen LogP contribution in [0.1, 0.15) is 148 Å². The molecule has 4 aromatic carbocycles. The third-order valence-electron chi connectivity index (χ3n) is 18.4. The molecule has 9 rings (SSSR count). The molecule has 5 aromatic rings. The third kappa shape index (κ3) is 16.8. The van der Waals surface area contributed by atoms with Crippen LogP contribution in [0.2, 0.25) is 5.28 Å². The zero-order chi connectivity index (χ0) is 70.1.